The van der Waals surface area contributed by atoms with Crippen molar-refractivity contribution in [1.82, 2.24) is 4.57 Å². The summed E-state index contributed by atoms with van der Waals surface area (Å²) in [7, 11) is 0. The molecular weight excluding hydrogens is 527 g/mol. The highest BCUT2D eigenvalue weighted by Crippen LogP contribution is 2.43. The highest BCUT2D eigenvalue weighted by Gasteiger charge is 2.41. The molecule has 12 heteroatoms. The SMILES string of the molecule is N#CC1(CC(=O)C(=O)c2c(Cl)c(C(=O)Nc3cc(F)c(F)c(F)c3)c3n2CCC3)CCC(CC(=O)O)CC1. The molecule has 2 heterocycles. The van der Waals surface area contributed by atoms with Crippen molar-refractivity contribution in [1.29, 1.82) is 5.26 Å². The van der Waals surface area contributed by atoms with Crippen molar-refractivity contribution >= 4 is 40.7 Å². The van der Waals surface area contributed by atoms with Crippen molar-refractivity contribution in [3.63, 3.8) is 0 Å². The van der Waals surface area contributed by atoms with Gasteiger partial charge in [-0.2, -0.15) is 5.26 Å². The van der Waals surface area contributed by atoms with Crippen LogP contribution in [0.4, 0.5) is 18.9 Å². The minimum atomic E-state index is -1.69. The number of carbonyl (C=O) groups excluding carboxylic acids is 3. The second-order valence-corrected chi connectivity index (χ2v) is 10.2. The van der Waals surface area contributed by atoms with Crippen LogP contribution in [-0.4, -0.2) is 33.1 Å². The molecule has 0 radical (unpaired) electrons. The zero-order valence-corrected chi connectivity index (χ0v) is 20.8. The predicted octanol–water partition coefficient (Wildman–Crippen LogP) is 5.07. The van der Waals surface area contributed by atoms with Gasteiger partial charge in [0.25, 0.3) is 5.91 Å². The van der Waals surface area contributed by atoms with Crippen LogP contribution in [-0.2, 0) is 22.6 Å². The van der Waals surface area contributed by atoms with Crippen LogP contribution in [0.25, 0.3) is 0 Å². The number of ketones is 2. The Morgan fingerprint density at radius 3 is 2.37 bits per heavy atom. The highest BCUT2D eigenvalue weighted by molar-refractivity contribution is 6.48. The summed E-state index contributed by atoms with van der Waals surface area (Å²) in [5.41, 5.74) is -1.42. The van der Waals surface area contributed by atoms with E-state index in [2.05, 4.69) is 11.4 Å². The van der Waals surface area contributed by atoms with E-state index in [9.17, 15) is 37.6 Å². The van der Waals surface area contributed by atoms with E-state index in [0.29, 0.717) is 50.1 Å². The normalized spacial score (nSPS) is 20.4. The van der Waals surface area contributed by atoms with Gasteiger partial charge >= 0.3 is 5.97 Å². The number of fused-ring (bicyclic) bond motifs is 1. The summed E-state index contributed by atoms with van der Waals surface area (Å²) < 4.78 is 41.9. The van der Waals surface area contributed by atoms with Gasteiger partial charge < -0.3 is 15.0 Å². The number of benzene rings is 1. The topological polar surface area (TPSA) is 129 Å². The molecule has 2 aromatic rings. The van der Waals surface area contributed by atoms with Crippen molar-refractivity contribution < 1.29 is 37.5 Å². The van der Waals surface area contributed by atoms with Crippen LogP contribution in [0.5, 0.6) is 0 Å². The minimum absolute atomic E-state index is 0.0255. The fourth-order valence-corrected chi connectivity index (χ4v) is 5.73. The van der Waals surface area contributed by atoms with Gasteiger partial charge in [-0.05, 0) is 44.4 Å². The van der Waals surface area contributed by atoms with Gasteiger partial charge in [0.2, 0.25) is 11.6 Å². The number of Topliss-reactive ketones (excluding diaryl/α,β-unsaturated/α-hetero) is 2. The van der Waals surface area contributed by atoms with Crippen molar-refractivity contribution in [2.24, 2.45) is 11.3 Å². The Morgan fingerprint density at radius 2 is 1.79 bits per heavy atom. The molecule has 2 N–H and O–H groups in total. The lowest BCUT2D eigenvalue weighted by atomic mass is 9.68. The maximum absolute atomic E-state index is 13.6. The van der Waals surface area contributed by atoms with Gasteiger partial charge in [0.15, 0.2) is 17.5 Å². The molecule has 4 rings (SSSR count). The average molecular weight is 550 g/mol. The summed E-state index contributed by atoms with van der Waals surface area (Å²) in [4.78, 5) is 50.3. The van der Waals surface area contributed by atoms with E-state index in [4.69, 9.17) is 16.7 Å². The summed E-state index contributed by atoms with van der Waals surface area (Å²) in [6.07, 6.45) is 1.95. The second-order valence-electron chi connectivity index (χ2n) is 9.81. The Balaban J connectivity index is 1.56. The molecule has 1 aliphatic carbocycles. The lowest BCUT2D eigenvalue weighted by Gasteiger charge is -2.33. The fourth-order valence-electron chi connectivity index (χ4n) is 5.35. The van der Waals surface area contributed by atoms with E-state index < -0.39 is 46.3 Å². The Morgan fingerprint density at radius 1 is 1.16 bits per heavy atom. The zero-order chi connectivity index (χ0) is 27.8. The molecule has 1 saturated carbocycles. The van der Waals surface area contributed by atoms with E-state index in [1.807, 2.05) is 0 Å². The molecule has 38 heavy (non-hydrogen) atoms. The van der Waals surface area contributed by atoms with Gasteiger partial charge in [0.05, 0.1) is 22.1 Å². The van der Waals surface area contributed by atoms with Crippen molar-refractivity contribution in [3.8, 4) is 6.07 Å². The summed E-state index contributed by atoms with van der Waals surface area (Å²) in [6, 6.07) is 3.35. The number of nitriles is 1. The van der Waals surface area contributed by atoms with Gasteiger partial charge in [0, 0.05) is 42.9 Å². The Labute approximate surface area is 220 Å². The van der Waals surface area contributed by atoms with Gasteiger partial charge in [-0.25, -0.2) is 13.2 Å². The van der Waals surface area contributed by atoms with Crippen LogP contribution in [0, 0.1) is 40.1 Å². The molecule has 1 amide bonds. The predicted molar refractivity (Wildman–Crippen MR) is 128 cm³/mol. The molecule has 0 saturated heterocycles. The average Bonchev–Trinajstić information content (AvgIpc) is 3.42. The Hall–Kier alpha value is -3.65. The Kier molecular flexibility index (Phi) is 7.65. The van der Waals surface area contributed by atoms with Gasteiger partial charge in [-0.3, -0.25) is 19.2 Å². The van der Waals surface area contributed by atoms with E-state index >= 15 is 0 Å². The first-order valence-corrected chi connectivity index (χ1v) is 12.4. The monoisotopic (exact) mass is 549 g/mol. The van der Waals surface area contributed by atoms with Gasteiger partial charge in [0.1, 0.15) is 5.69 Å². The number of carbonyl (C=O) groups is 4. The largest absolute Gasteiger partial charge is 0.481 e. The molecule has 2 aliphatic rings. The summed E-state index contributed by atoms with van der Waals surface area (Å²) >= 11 is 6.43. The zero-order valence-electron chi connectivity index (χ0n) is 20.1. The molecule has 1 aliphatic heterocycles. The van der Waals surface area contributed by atoms with Crippen LogP contribution in [0.2, 0.25) is 5.02 Å². The number of carboxylic acids is 1. The molecule has 1 aromatic carbocycles. The smallest absolute Gasteiger partial charge is 0.303 e. The maximum atomic E-state index is 13.6. The first-order chi connectivity index (χ1) is 18.0. The first kappa shape index (κ1) is 27.4. The van der Waals surface area contributed by atoms with E-state index in [1.165, 1.54) is 4.57 Å². The molecule has 8 nitrogen and oxygen atoms in total. The summed E-state index contributed by atoms with van der Waals surface area (Å²) in [6.45, 7) is 0.302. The minimum Gasteiger partial charge on any atom is -0.481 e. The van der Waals surface area contributed by atoms with Gasteiger partial charge in [-0.15, -0.1) is 0 Å². The number of nitrogens with one attached hydrogen (secondary N) is 1. The number of aromatic nitrogens is 1. The van der Waals surface area contributed by atoms with E-state index in [1.54, 1.807) is 0 Å². The van der Waals surface area contributed by atoms with Crippen LogP contribution in [0.3, 0.4) is 0 Å². The number of aliphatic carboxylic acids is 1. The number of carboxylic acid groups (broad SMARTS) is 1. The van der Waals surface area contributed by atoms with E-state index in [0.717, 1.165) is 0 Å². The van der Waals surface area contributed by atoms with E-state index in [-0.39, 0.29) is 53.6 Å². The van der Waals surface area contributed by atoms with Crippen LogP contribution in [0.1, 0.15) is 71.5 Å². The van der Waals surface area contributed by atoms with Crippen molar-refractivity contribution in [2.75, 3.05) is 5.32 Å². The molecule has 0 spiro atoms. The van der Waals surface area contributed by atoms with Crippen molar-refractivity contribution in [2.45, 2.75) is 57.9 Å². The number of anilines is 1. The van der Waals surface area contributed by atoms with Gasteiger partial charge in [-0.1, -0.05) is 11.6 Å². The number of hydrogen-bond donors (Lipinski definition) is 2. The van der Waals surface area contributed by atoms with Crippen molar-refractivity contribution in [3.05, 3.63) is 51.6 Å². The number of amides is 1. The van der Waals surface area contributed by atoms with Crippen LogP contribution >= 0.6 is 11.6 Å². The number of hydrogen-bond acceptors (Lipinski definition) is 5. The lowest BCUT2D eigenvalue weighted by molar-refractivity contribution is -0.138. The van der Waals surface area contributed by atoms with Crippen LogP contribution in [0.15, 0.2) is 12.1 Å². The molecule has 1 aromatic heterocycles. The highest BCUT2D eigenvalue weighted by atomic mass is 35.5. The molecule has 0 unspecified atom stereocenters. The molecule has 200 valence electrons. The fraction of sp³-hybridized carbons (Fsp3) is 0.423. The third-order valence-electron chi connectivity index (χ3n) is 7.31. The number of rotatable bonds is 8. The standard InChI is InChI=1S/C26H23ClF3N3O5/c27-21-20(25(38)32-14-9-15(28)22(30)16(29)10-14)17-2-1-7-33(17)23(21)24(37)18(34)11-26(12-31)5-3-13(4-6-26)8-19(35)36/h9-10,13H,1-8,11H2,(H,32,38)(H,35,36). The number of halogens is 4. The molecule has 0 bridgehead atoms. The molecular formula is C26H23ClF3N3O5. The third-order valence-corrected chi connectivity index (χ3v) is 7.67. The summed E-state index contributed by atoms with van der Waals surface area (Å²) in [5.74, 6) is -8.43. The maximum Gasteiger partial charge on any atom is 0.303 e. The molecule has 0 atom stereocenters. The van der Waals surface area contributed by atoms with Crippen LogP contribution < -0.4 is 5.32 Å². The number of nitrogens with zero attached hydrogens (tertiary/aromatic N) is 2. The third kappa shape index (κ3) is 5.18. The summed E-state index contributed by atoms with van der Waals surface area (Å²) in [5, 5.41) is 20.8. The lowest BCUT2D eigenvalue weighted by Crippen LogP contribution is -2.32. The Bertz CT molecular complexity index is 1370. The first-order valence-electron chi connectivity index (χ1n) is 12.0. The molecule has 1 fully saturated rings. The quantitative estimate of drug-likeness (QED) is 0.268. The second kappa shape index (κ2) is 10.6.